The summed E-state index contributed by atoms with van der Waals surface area (Å²) in [5.74, 6) is 0.167. The predicted octanol–water partition coefficient (Wildman–Crippen LogP) is 2.93. The third kappa shape index (κ3) is 5.62. The van der Waals surface area contributed by atoms with Gasteiger partial charge in [-0.25, -0.2) is 0 Å². The molecule has 2 fully saturated rings. The second-order valence-corrected chi connectivity index (χ2v) is 6.42. The van der Waals surface area contributed by atoms with Crippen molar-refractivity contribution >= 4 is 30.7 Å². The van der Waals surface area contributed by atoms with Crippen molar-refractivity contribution in [2.75, 3.05) is 26.2 Å². The lowest BCUT2D eigenvalue weighted by Gasteiger charge is -2.29. The van der Waals surface area contributed by atoms with E-state index in [1.165, 1.54) is 24.8 Å². The summed E-state index contributed by atoms with van der Waals surface area (Å²) < 4.78 is 0. The van der Waals surface area contributed by atoms with Crippen LogP contribution in [0.2, 0.25) is 0 Å². The van der Waals surface area contributed by atoms with Crippen LogP contribution in [0.25, 0.3) is 0 Å². The number of carbonyl (C=O) groups is 1. The number of benzene rings is 1. The molecule has 0 radical (unpaired) electrons. The molecule has 3 rings (SSSR count). The molecule has 1 aromatic carbocycles. The van der Waals surface area contributed by atoms with Gasteiger partial charge in [0.2, 0.25) is 5.91 Å². The van der Waals surface area contributed by atoms with Crippen LogP contribution >= 0.6 is 24.8 Å². The van der Waals surface area contributed by atoms with Crippen LogP contribution in [0, 0.1) is 0 Å². The Kier molecular flexibility index (Phi) is 9.67. The topological polar surface area (TPSA) is 44.4 Å². The first-order valence-corrected chi connectivity index (χ1v) is 8.65. The minimum atomic E-state index is 0. The van der Waals surface area contributed by atoms with E-state index in [4.69, 9.17) is 0 Å². The molecule has 2 aliphatic heterocycles. The molecule has 2 heterocycles. The van der Waals surface area contributed by atoms with E-state index in [1.54, 1.807) is 0 Å². The molecule has 1 aromatic rings. The Morgan fingerprint density at radius 3 is 2.46 bits per heavy atom. The molecule has 2 N–H and O–H groups in total. The average Bonchev–Trinajstić information content (AvgIpc) is 3.11. The molecule has 0 bridgehead atoms. The lowest BCUT2D eigenvalue weighted by molar-refractivity contribution is -0.123. The molecule has 0 spiro atoms. The van der Waals surface area contributed by atoms with Gasteiger partial charge in [-0.05, 0) is 50.9 Å². The molecule has 2 aliphatic rings. The molecule has 0 aromatic heterocycles. The van der Waals surface area contributed by atoms with Gasteiger partial charge in [0.05, 0.1) is 12.1 Å². The number of rotatable bonds is 5. The first-order valence-electron chi connectivity index (χ1n) is 8.65. The van der Waals surface area contributed by atoms with Crippen LogP contribution in [0.4, 0.5) is 0 Å². The lowest BCUT2D eigenvalue weighted by atomic mass is 10.0. The quantitative estimate of drug-likeness (QED) is 0.833. The molecule has 136 valence electrons. The highest BCUT2D eigenvalue weighted by Crippen LogP contribution is 2.24. The Balaban J connectivity index is 0.00000144. The van der Waals surface area contributed by atoms with Crippen molar-refractivity contribution in [2.45, 2.75) is 44.2 Å². The van der Waals surface area contributed by atoms with Crippen molar-refractivity contribution in [3.8, 4) is 0 Å². The zero-order valence-corrected chi connectivity index (χ0v) is 15.7. The van der Waals surface area contributed by atoms with Gasteiger partial charge in [0.1, 0.15) is 0 Å². The summed E-state index contributed by atoms with van der Waals surface area (Å²) in [6, 6.07) is 10.9. The van der Waals surface area contributed by atoms with Crippen molar-refractivity contribution in [1.82, 2.24) is 15.5 Å². The van der Waals surface area contributed by atoms with Gasteiger partial charge in [-0.15, -0.1) is 24.8 Å². The van der Waals surface area contributed by atoms with E-state index >= 15 is 0 Å². The predicted molar refractivity (Wildman–Crippen MR) is 103 cm³/mol. The zero-order valence-electron chi connectivity index (χ0n) is 14.1. The summed E-state index contributed by atoms with van der Waals surface area (Å²) in [4.78, 5) is 14.9. The van der Waals surface area contributed by atoms with Crippen molar-refractivity contribution in [3.05, 3.63) is 35.9 Å². The third-order valence-corrected chi connectivity index (χ3v) is 4.86. The fourth-order valence-electron chi connectivity index (χ4n) is 3.58. The first-order chi connectivity index (χ1) is 10.8. The summed E-state index contributed by atoms with van der Waals surface area (Å²) in [5.41, 5.74) is 1.31. The maximum atomic E-state index is 12.4. The molecule has 2 saturated heterocycles. The van der Waals surface area contributed by atoms with Gasteiger partial charge in [-0.2, -0.15) is 0 Å². The maximum Gasteiger partial charge on any atom is 0.237 e. The third-order valence-electron chi connectivity index (χ3n) is 4.86. The molecule has 24 heavy (non-hydrogen) atoms. The van der Waals surface area contributed by atoms with E-state index in [1.807, 2.05) is 0 Å². The van der Waals surface area contributed by atoms with Crippen LogP contribution in [-0.4, -0.2) is 43.0 Å². The summed E-state index contributed by atoms with van der Waals surface area (Å²) >= 11 is 0. The summed E-state index contributed by atoms with van der Waals surface area (Å²) in [7, 11) is 0. The van der Waals surface area contributed by atoms with Gasteiger partial charge in [0, 0.05) is 6.54 Å². The second-order valence-electron chi connectivity index (χ2n) is 6.42. The monoisotopic (exact) mass is 373 g/mol. The number of hydrogen-bond acceptors (Lipinski definition) is 3. The van der Waals surface area contributed by atoms with E-state index < -0.39 is 0 Å². The fourth-order valence-corrected chi connectivity index (χ4v) is 3.58. The highest BCUT2D eigenvalue weighted by Gasteiger charge is 2.26. The summed E-state index contributed by atoms with van der Waals surface area (Å²) in [6.45, 7) is 3.95. The highest BCUT2D eigenvalue weighted by atomic mass is 35.5. The molecule has 6 heteroatoms. The smallest absolute Gasteiger partial charge is 0.237 e. The standard InChI is InChI=1S/C18H27N3O.2ClH/c22-18(16-10-4-5-11-19-16)20-14-17(21-12-6-7-13-21)15-8-2-1-3-9-15;;/h1-3,8-9,16-17,19H,4-7,10-14H2,(H,20,22);2*1H/t16-,17?;;/m0../s1. The number of nitrogens with one attached hydrogen (secondary N) is 2. The van der Waals surface area contributed by atoms with Crippen molar-refractivity contribution in [3.63, 3.8) is 0 Å². The Bertz CT molecular complexity index is 474. The Hall–Kier alpha value is -0.810. The molecular formula is C18H29Cl2N3O. The highest BCUT2D eigenvalue weighted by molar-refractivity contribution is 5.85. The molecule has 4 nitrogen and oxygen atoms in total. The Morgan fingerprint density at radius 1 is 1.12 bits per heavy atom. The fraction of sp³-hybridized carbons (Fsp3) is 0.611. The van der Waals surface area contributed by atoms with Gasteiger partial charge in [0.15, 0.2) is 0 Å². The van der Waals surface area contributed by atoms with E-state index in [0.717, 1.165) is 32.5 Å². The number of halogens is 2. The minimum absolute atomic E-state index is 0. The van der Waals surface area contributed by atoms with Gasteiger partial charge < -0.3 is 10.6 Å². The average molecular weight is 374 g/mol. The number of amides is 1. The largest absolute Gasteiger partial charge is 0.353 e. The molecule has 0 aliphatic carbocycles. The van der Waals surface area contributed by atoms with Crippen LogP contribution in [-0.2, 0) is 4.79 Å². The van der Waals surface area contributed by atoms with E-state index in [0.29, 0.717) is 12.6 Å². The summed E-state index contributed by atoms with van der Waals surface area (Å²) in [6.07, 6.45) is 5.83. The number of likely N-dealkylation sites (tertiary alicyclic amines) is 1. The first kappa shape index (κ1) is 21.2. The van der Waals surface area contributed by atoms with Crippen molar-refractivity contribution in [1.29, 1.82) is 0 Å². The SMILES string of the molecule is Cl.Cl.O=C(NCC(c1ccccc1)N1CCCC1)[C@@H]1CCCCN1. The van der Waals surface area contributed by atoms with E-state index in [9.17, 15) is 4.79 Å². The van der Waals surface area contributed by atoms with Crippen LogP contribution < -0.4 is 10.6 Å². The lowest BCUT2D eigenvalue weighted by Crippen LogP contribution is -2.48. The Morgan fingerprint density at radius 2 is 1.83 bits per heavy atom. The molecule has 1 unspecified atom stereocenters. The molecule has 2 atom stereocenters. The van der Waals surface area contributed by atoms with Gasteiger partial charge in [-0.1, -0.05) is 36.8 Å². The van der Waals surface area contributed by atoms with Crippen molar-refractivity contribution in [2.24, 2.45) is 0 Å². The van der Waals surface area contributed by atoms with E-state index in [-0.39, 0.29) is 36.8 Å². The molecular weight excluding hydrogens is 345 g/mol. The Labute approximate surface area is 157 Å². The summed E-state index contributed by atoms with van der Waals surface area (Å²) in [5, 5.41) is 6.51. The maximum absolute atomic E-state index is 12.4. The van der Waals surface area contributed by atoms with Crippen LogP contribution in [0.1, 0.15) is 43.7 Å². The van der Waals surface area contributed by atoms with Gasteiger partial charge >= 0.3 is 0 Å². The number of piperidine rings is 1. The van der Waals surface area contributed by atoms with Gasteiger partial charge in [0.25, 0.3) is 0 Å². The number of carbonyl (C=O) groups excluding carboxylic acids is 1. The normalized spacial score (nSPS) is 22.1. The van der Waals surface area contributed by atoms with Gasteiger partial charge in [-0.3, -0.25) is 9.69 Å². The van der Waals surface area contributed by atoms with E-state index in [2.05, 4.69) is 45.9 Å². The molecule has 1 amide bonds. The number of hydrogen-bond donors (Lipinski definition) is 2. The second kappa shape index (κ2) is 10.9. The minimum Gasteiger partial charge on any atom is -0.353 e. The number of nitrogens with zero attached hydrogens (tertiary/aromatic N) is 1. The van der Waals surface area contributed by atoms with Crippen LogP contribution in [0.5, 0.6) is 0 Å². The van der Waals surface area contributed by atoms with Crippen LogP contribution in [0.3, 0.4) is 0 Å². The zero-order chi connectivity index (χ0) is 15.2. The van der Waals surface area contributed by atoms with Crippen LogP contribution in [0.15, 0.2) is 30.3 Å². The molecule has 0 saturated carbocycles. The van der Waals surface area contributed by atoms with Crippen molar-refractivity contribution < 1.29 is 4.79 Å².